The standard InChI is InChI=1S/C17H25N3O4/c1-13(21)18-15-7-5-6-14(12-15)17(23)20(11-10-19(2)3)9-8-16(22)24-4/h5-7,12H,8-11H2,1-4H3,(H,18,21). The molecule has 7 nitrogen and oxygen atoms in total. The van der Waals surface area contributed by atoms with Crippen molar-refractivity contribution in [3.05, 3.63) is 29.8 Å². The van der Waals surface area contributed by atoms with Gasteiger partial charge in [-0.25, -0.2) is 0 Å². The maximum Gasteiger partial charge on any atom is 0.307 e. The summed E-state index contributed by atoms with van der Waals surface area (Å²) in [6.07, 6.45) is 0.140. The van der Waals surface area contributed by atoms with Crippen LogP contribution in [0.1, 0.15) is 23.7 Å². The fourth-order valence-corrected chi connectivity index (χ4v) is 2.08. The van der Waals surface area contributed by atoms with Gasteiger partial charge in [0.1, 0.15) is 0 Å². The van der Waals surface area contributed by atoms with Crippen LogP contribution in [0.3, 0.4) is 0 Å². The van der Waals surface area contributed by atoms with Crippen molar-refractivity contribution in [1.82, 2.24) is 9.80 Å². The molecule has 0 atom stereocenters. The highest BCUT2D eigenvalue weighted by atomic mass is 16.5. The minimum atomic E-state index is -0.357. The molecule has 0 aliphatic carbocycles. The van der Waals surface area contributed by atoms with Crippen molar-refractivity contribution in [2.45, 2.75) is 13.3 Å². The normalized spacial score (nSPS) is 10.4. The van der Waals surface area contributed by atoms with Gasteiger partial charge in [0.15, 0.2) is 0 Å². The Kier molecular flexibility index (Phi) is 7.91. The molecule has 0 aliphatic rings. The topological polar surface area (TPSA) is 79.0 Å². The second-order valence-corrected chi connectivity index (χ2v) is 5.68. The minimum absolute atomic E-state index is 0.140. The summed E-state index contributed by atoms with van der Waals surface area (Å²) >= 11 is 0. The molecule has 0 aliphatic heterocycles. The molecular formula is C17H25N3O4. The molecule has 0 saturated carbocycles. The molecule has 2 amide bonds. The van der Waals surface area contributed by atoms with Crippen LogP contribution in [0.2, 0.25) is 0 Å². The van der Waals surface area contributed by atoms with Gasteiger partial charge >= 0.3 is 5.97 Å². The van der Waals surface area contributed by atoms with Gasteiger partial charge in [-0.2, -0.15) is 0 Å². The van der Waals surface area contributed by atoms with E-state index in [0.29, 0.717) is 24.3 Å². The number of anilines is 1. The number of carbonyl (C=O) groups excluding carboxylic acids is 3. The van der Waals surface area contributed by atoms with Crippen LogP contribution in [0.15, 0.2) is 24.3 Å². The predicted octanol–water partition coefficient (Wildman–Crippen LogP) is 1.21. The number of nitrogens with one attached hydrogen (secondary N) is 1. The first kappa shape index (κ1) is 19.6. The van der Waals surface area contributed by atoms with Crippen LogP contribution < -0.4 is 5.32 Å². The van der Waals surface area contributed by atoms with Crippen LogP contribution in [0.4, 0.5) is 5.69 Å². The van der Waals surface area contributed by atoms with Crippen molar-refractivity contribution in [1.29, 1.82) is 0 Å². The van der Waals surface area contributed by atoms with Gasteiger partial charge in [0.2, 0.25) is 5.91 Å². The second kappa shape index (κ2) is 9.67. The molecule has 1 N–H and O–H groups in total. The summed E-state index contributed by atoms with van der Waals surface area (Å²) in [5.41, 5.74) is 1.03. The van der Waals surface area contributed by atoms with Crippen molar-refractivity contribution in [2.75, 3.05) is 46.2 Å². The van der Waals surface area contributed by atoms with Crippen LogP contribution in [0.5, 0.6) is 0 Å². The Labute approximate surface area is 142 Å². The summed E-state index contributed by atoms with van der Waals surface area (Å²) in [5.74, 6) is -0.743. The lowest BCUT2D eigenvalue weighted by Crippen LogP contribution is -2.38. The maximum atomic E-state index is 12.7. The summed E-state index contributed by atoms with van der Waals surface area (Å²) < 4.78 is 4.64. The van der Waals surface area contributed by atoms with Crippen LogP contribution >= 0.6 is 0 Å². The number of carbonyl (C=O) groups is 3. The number of hydrogen-bond donors (Lipinski definition) is 1. The number of esters is 1. The zero-order valence-corrected chi connectivity index (χ0v) is 14.7. The lowest BCUT2D eigenvalue weighted by molar-refractivity contribution is -0.140. The molecule has 7 heteroatoms. The molecule has 1 rings (SSSR count). The average molecular weight is 335 g/mol. The number of benzene rings is 1. The lowest BCUT2D eigenvalue weighted by Gasteiger charge is -2.24. The third-order valence-corrected chi connectivity index (χ3v) is 3.35. The fourth-order valence-electron chi connectivity index (χ4n) is 2.08. The van der Waals surface area contributed by atoms with Gasteiger partial charge in [-0.3, -0.25) is 14.4 Å². The van der Waals surface area contributed by atoms with Crippen molar-refractivity contribution in [3.63, 3.8) is 0 Å². The van der Waals surface area contributed by atoms with Gasteiger partial charge in [0, 0.05) is 37.8 Å². The molecule has 0 radical (unpaired) electrons. The highest BCUT2D eigenvalue weighted by Gasteiger charge is 2.17. The van der Waals surface area contributed by atoms with E-state index in [0.717, 1.165) is 0 Å². The first-order chi connectivity index (χ1) is 11.3. The van der Waals surface area contributed by atoms with Crippen LogP contribution in [-0.2, 0) is 14.3 Å². The summed E-state index contributed by atoms with van der Waals surface area (Å²) in [4.78, 5) is 38.8. The SMILES string of the molecule is COC(=O)CCN(CCN(C)C)C(=O)c1cccc(NC(C)=O)c1. The largest absolute Gasteiger partial charge is 0.469 e. The minimum Gasteiger partial charge on any atom is -0.469 e. The number of ether oxygens (including phenoxy) is 1. The van der Waals surface area contributed by atoms with Gasteiger partial charge < -0.3 is 19.9 Å². The van der Waals surface area contributed by atoms with Crippen molar-refractivity contribution >= 4 is 23.5 Å². The molecule has 0 unspecified atom stereocenters. The van der Waals surface area contributed by atoms with E-state index in [1.165, 1.54) is 14.0 Å². The summed E-state index contributed by atoms with van der Waals surface area (Å²) in [6.45, 7) is 2.86. The van der Waals surface area contributed by atoms with E-state index in [1.807, 2.05) is 19.0 Å². The van der Waals surface area contributed by atoms with E-state index < -0.39 is 0 Å². The van der Waals surface area contributed by atoms with E-state index >= 15 is 0 Å². The highest BCUT2D eigenvalue weighted by molar-refractivity contribution is 5.97. The van der Waals surface area contributed by atoms with E-state index in [2.05, 4.69) is 10.1 Å². The number of methoxy groups -OCH3 is 1. The van der Waals surface area contributed by atoms with Crippen molar-refractivity contribution in [2.24, 2.45) is 0 Å². The third-order valence-electron chi connectivity index (χ3n) is 3.35. The van der Waals surface area contributed by atoms with Crippen LogP contribution in [0, 0.1) is 0 Å². The molecule has 0 fully saturated rings. The summed E-state index contributed by atoms with van der Waals surface area (Å²) in [5, 5.41) is 2.66. The quantitative estimate of drug-likeness (QED) is 0.723. The van der Waals surface area contributed by atoms with Crippen LogP contribution in [0.25, 0.3) is 0 Å². The molecule has 0 saturated heterocycles. The van der Waals surface area contributed by atoms with Gasteiger partial charge in [0.25, 0.3) is 5.91 Å². The molecule has 24 heavy (non-hydrogen) atoms. The zero-order chi connectivity index (χ0) is 18.1. The second-order valence-electron chi connectivity index (χ2n) is 5.68. The van der Waals surface area contributed by atoms with E-state index in [9.17, 15) is 14.4 Å². The van der Waals surface area contributed by atoms with Crippen LogP contribution in [-0.4, -0.2) is 68.4 Å². The smallest absolute Gasteiger partial charge is 0.307 e. The number of rotatable bonds is 8. The molecule has 1 aromatic carbocycles. The lowest BCUT2D eigenvalue weighted by atomic mass is 10.1. The van der Waals surface area contributed by atoms with Crippen molar-refractivity contribution < 1.29 is 19.1 Å². The molecular weight excluding hydrogens is 310 g/mol. The Hall–Kier alpha value is -2.41. The summed E-state index contributed by atoms with van der Waals surface area (Å²) in [6, 6.07) is 6.75. The van der Waals surface area contributed by atoms with Gasteiger partial charge in [-0.15, -0.1) is 0 Å². The molecule has 0 aromatic heterocycles. The Bertz CT molecular complexity index is 587. The van der Waals surface area contributed by atoms with Gasteiger partial charge in [-0.05, 0) is 32.3 Å². The predicted molar refractivity (Wildman–Crippen MR) is 91.8 cm³/mol. The van der Waals surface area contributed by atoms with E-state index in [1.54, 1.807) is 29.2 Å². The highest BCUT2D eigenvalue weighted by Crippen LogP contribution is 2.13. The van der Waals surface area contributed by atoms with E-state index in [4.69, 9.17) is 0 Å². The molecule has 1 aromatic rings. The van der Waals surface area contributed by atoms with Gasteiger partial charge in [-0.1, -0.05) is 6.07 Å². The Morgan fingerprint density at radius 2 is 1.83 bits per heavy atom. The monoisotopic (exact) mass is 335 g/mol. The number of nitrogens with zero attached hydrogens (tertiary/aromatic N) is 2. The Balaban J connectivity index is 2.88. The average Bonchev–Trinajstić information content (AvgIpc) is 2.53. The molecule has 132 valence electrons. The first-order valence-electron chi connectivity index (χ1n) is 7.72. The molecule has 0 heterocycles. The Morgan fingerprint density at radius 1 is 1.12 bits per heavy atom. The number of likely N-dealkylation sites (N-methyl/N-ethyl adjacent to an activating group) is 1. The fraction of sp³-hybridized carbons (Fsp3) is 0.471. The van der Waals surface area contributed by atoms with Crippen molar-refractivity contribution in [3.8, 4) is 0 Å². The zero-order valence-electron chi connectivity index (χ0n) is 14.7. The van der Waals surface area contributed by atoms with E-state index in [-0.39, 0.29) is 30.7 Å². The summed E-state index contributed by atoms with van der Waals surface area (Å²) in [7, 11) is 5.16. The first-order valence-corrected chi connectivity index (χ1v) is 7.72. The number of hydrogen-bond acceptors (Lipinski definition) is 5. The maximum absolute atomic E-state index is 12.7. The molecule has 0 spiro atoms. The third kappa shape index (κ3) is 6.78. The Morgan fingerprint density at radius 3 is 2.42 bits per heavy atom. The molecule has 0 bridgehead atoms. The number of amides is 2. The van der Waals surface area contributed by atoms with Gasteiger partial charge in [0.05, 0.1) is 13.5 Å².